The Morgan fingerprint density at radius 3 is 2.24 bits per heavy atom. The molecule has 0 unspecified atom stereocenters. The molecule has 0 heteroatoms. The van der Waals surface area contributed by atoms with Crippen LogP contribution in [-0.4, -0.2) is 0 Å². The summed E-state index contributed by atoms with van der Waals surface area (Å²) in [6.07, 6.45) is 20.7. The largest absolute Gasteiger partial charge is 0.0885 e. The van der Waals surface area contributed by atoms with Crippen molar-refractivity contribution < 1.29 is 0 Å². The zero-order valence-corrected chi connectivity index (χ0v) is 16.1. The summed E-state index contributed by atoms with van der Waals surface area (Å²) in [5, 5.41) is 0. The molecule has 134 valence electrons. The highest BCUT2D eigenvalue weighted by Crippen LogP contribution is 2.30. The Balaban J connectivity index is 1.74. The van der Waals surface area contributed by atoms with E-state index in [1.807, 2.05) is 0 Å². The van der Waals surface area contributed by atoms with Crippen LogP contribution in [0.2, 0.25) is 0 Å². The van der Waals surface area contributed by atoms with E-state index < -0.39 is 0 Å². The van der Waals surface area contributed by atoms with E-state index in [9.17, 15) is 0 Å². The lowest BCUT2D eigenvalue weighted by Gasteiger charge is -2.24. The Bertz CT molecular complexity index is 583. The van der Waals surface area contributed by atoms with Crippen molar-refractivity contribution in [3.05, 3.63) is 59.7 Å². The van der Waals surface area contributed by atoms with Crippen molar-refractivity contribution in [2.75, 3.05) is 0 Å². The molecule has 2 rings (SSSR count). The lowest BCUT2D eigenvalue weighted by atomic mass is 9.81. The molecule has 0 N–H and O–H groups in total. The molecule has 0 spiro atoms. The van der Waals surface area contributed by atoms with Gasteiger partial charge >= 0.3 is 0 Å². The number of hydrogen-bond donors (Lipinski definition) is 0. The molecule has 0 radical (unpaired) electrons. The fourth-order valence-corrected chi connectivity index (χ4v) is 3.50. The standard InChI is InChI=1S/C25H34/c1-3-5-7-11-23-18-20-25(21-19-23)13-9-8-12-24-16-14-22(15-17-24)10-6-4-2/h6,8,10,12,18-22,24H,3-5,7,11,14-17H2,1-2H3. The second-order valence-corrected chi connectivity index (χ2v) is 7.29. The average Bonchev–Trinajstić information content (AvgIpc) is 2.66. The van der Waals surface area contributed by atoms with E-state index in [4.69, 9.17) is 0 Å². The second kappa shape index (κ2) is 11.8. The maximum Gasteiger partial charge on any atom is 0.0249 e. The summed E-state index contributed by atoms with van der Waals surface area (Å²) >= 11 is 0. The summed E-state index contributed by atoms with van der Waals surface area (Å²) in [4.78, 5) is 0. The molecule has 1 aliphatic carbocycles. The first-order chi connectivity index (χ1) is 12.3. The molecule has 25 heavy (non-hydrogen) atoms. The summed E-state index contributed by atoms with van der Waals surface area (Å²) in [7, 11) is 0. The molecule has 0 heterocycles. The van der Waals surface area contributed by atoms with Crippen LogP contribution in [0.15, 0.2) is 48.6 Å². The zero-order chi connectivity index (χ0) is 17.7. The highest BCUT2D eigenvalue weighted by atomic mass is 14.2. The van der Waals surface area contributed by atoms with Crippen molar-refractivity contribution >= 4 is 0 Å². The van der Waals surface area contributed by atoms with Crippen molar-refractivity contribution in [2.45, 2.75) is 71.6 Å². The maximum atomic E-state index is 3.27. The normalized spacial score (nSPS) is 20.7. The number of rotatable bonds is 7. The van der Waals surface area contributed by atoms with Crippen molar-refractivity contribution in [1.82, 2.24) is 0 Å². The maximum absolute atomic E-state index is 3.27. The number of benzene rings is 1. The molecule has 0 bridgehead atoms. The van der Waals surface area contributed by atoms with E-state index in [0.29, 0.717) is 0 Å². The Labute approximate surface area is 155 Å². The monoisotopic (exact) mass is 334 g/mol. The van der Waals surface area contributed by atoms with Crippen LogP contribution >= 0.6 is 0 Å². The lowest BCUT2D eigenvalue weighted by Crippen LogP contribution is -2.11. The van der Waals surface area contributed by atoms with Crippen LogP contribution in [-0.2, 0) is 6.42 Å². The van der Waals surface area contributed by atoms with E-state index in [1.54, 1.807) is 0 Å². The number of unbranched alkanes of at least 4 members (excludes halogenated alkanes) is 2. The van der Waals surface area contributed by atoms with E-state index >= 15 is 0 Å². The minimum absolute atomic E-state index is 0.724. The molecule has 0 aromatic heterocycles. The van der Waals surface area contributed by atoms with Gasteiger partial charge in [0.1, 0.15) is 0 Å². The van der Waals surface area contributed by atoms with Gasteiger partial charge in [-0.2, -0.15) is 0 Å². The first kappa shape index (κ1) is 19.6. The highest BCUT2D eigenvalue weighted by Gasteiger charge is 2.16. The highest BCUT2D eigenvalue weighted by molar-refractivity contribution is 5.38. The molecule has 0 atom stereocenters. The SMILES string of the molecule is CCC=CC1CCC(C=CC#Cc2ccc(CCCCC)cc2)CC1. The third-order valence-corrected chi connectivity index (χ3v) is 5.15. The Morgan fingerprint density at radius 1 is 0.920 bits per heavy atom. The van der Waals surface area contributed by atoms with Gasteiger partial charge in [0, 0.05) is 5.56 Å². The van der Waals surface area contributed by atoms with Crippen molar-refractivity contribution in [3.8, 4) is 11.8 Å². The molecule has 0 saturated heterocycles. The predicted molar refractivity (Wildman–Crippen MR) is 111 cm³/mol. The Hall–Kier alpha value is -1.74. The number of hydrogen-bond acceptors (Lipinski definition) is 0. The molecule has 1 fully saturated rings. The van der Waals surface area contributed by atoms with Crippen LogP contribution in [0, 0.1) is 23.7 Å². The lowest BCUT2D eigenvalue weighted by molar-refractivity contribution is 0.356. The van der Waals surface area contributed by atoms with Crippen molar-refractivity contribution in [3.63, 3.8) is 0 Å². The molecule has 1 saturated carbocycles. The fraction of sp³-hybridized carbons (Fsp3) is 0.520. The van der Waals surface area contributed by atoms with Crippen LogP contribution in [0.1, 0.15) is 76.3 Å². The number of allylic oxidation sites excluding steroid dienone is 4. The second-order valence-electron chi connectivity index (χ2n) is 7.29. The van der Waals surface area contributed by atoms with Crippen LogP contribution in [0.3, 0.4) is 0 Å². The third kappa shape index (κ3) is 7.78. The Morgan fingerprint density at radius 2 is 1.60 bits per heavy atom. The molecular weight excluding hydrogens is 300 g/mol. The summed E-state index contributed by atoms with van der Waals surface area (Å²) in [5.41, 5.74) is 2.56. The van der Waals surface area contributed by atoms with Gasteiger partial charge in [-0.3, -0.25) is 0 Å². The summed E-state index contributed by atoms with van der Waals surface area (Å²) in [6, 6.07) is 8.78. The third-order valence-electron chi connectivity index (χ3n) is 5.15. The van der Waals surface area contributed by atoms with Gasteiger partial charge in [-0.25, -0.2) is 0 Å². The molecule has 0 aliphatic heterocycles. The van der Waals surface area contributed by atoms with Crippen molar-refractivity contribution in [1.29, 1.82) is 0 Å². The van der Waals surface area contributed by atoms with Crippen LogP contribution < -0.4 is 0 Å². The van der Waals surface area contributed by atoms with Crippen LogP contribution in [0.25, 0.3) is 0 Å². The van der Waals surface area contributed by atoms with Gasteiger partial charge in [-0.05, 0) is 80.6 Å². The van der Waals surface area contributed by atoms with E-state index in [2.05, 4.69) is 74.3 Å². The minimum Gasteiger partial charge on any atom is -0.0885 e. The molecular formula is C25H34. The summed E-state index contributed by atoms with van der Waals surface area (Å²) in [5.74, 6) is 8.02. The van der Waals surface area contributed by atoms with Crippen LogP contribution in [0.4, 0.5) is 0 Å². The molecule has 1 aromatic rings. The smallest absolute Gasteiger partial charge is 0.0249 e. The van der Waals surface area contributed by atoms with E-state index in [-0.39, 0.29) is 0 Å². The van der Waals surface area contributed by atoms with Gasteiger partial charge in [0.25, 0.3) is 0 Å². The quantitative estimate of drug-likeness (QED) is 0.283. The van der Waals surface area contributed by atoms with E-state index in [1.165, 1.54) is 56.9 Å². The summed E-state index contributed by atoms with van der Waals surface area (Å²) < 4.78 is 0. The molecule has 0 nitrogen and oxygen atoms in total. The van der Waals surface area contributed by atoms with E-state index in [0.717, 1.165) is 23.8 Å². The van der Waals surface area contributed by atoms with Gasteiger partial charge in [-0.15, -0.1) is 0 Å². The first-order valence-corrected chi connectivity index (χ1v) is 10.3. The fourth-order valence-electron chi connectivity index (χ4n) is 3.50. The first-order valence-electron chi connectivity index (χ1n) is 10.3. The molecule has 1 aromatic carbocycles. The van der Waals surface area contributed by atoms with Gasteiger partial charge in [0.05, 0.1) is 0 Å². The van der Waals surface area contributed by atoms with Gasteiger partial charge in [0.15, 0.2) is 0 Å². The number of aryl methyl sites for hydroxylation is 1. The minimum atomic E-state index is 0.724. The molecule has 1 aliphatic rings. The predicted octanol–water partition coefficient (Wildman–Crippen LogP) is 7.10. The van der Waals surface area contributed by atoms with Crippen LogP contribution in [0.5, 0.6) is 0 Å². The zero-order valence-electron chi connectivity index (χ0n) is 16.1. The summed E-state index contributed by atoms with van der Waals surface area (Å²) in [6.45, 7) is 4.46. The molecule has 0 amide bonds. The topological polar surface area (TPSA) is 0 Å². The van der Waals surface area contributed by atoms with Gasteiger partial charge < -0.3 is 0 Å². The Kier molecular flexibility index (Phi) is 9.21. The average molecular weight is 335 g/mol. The van der Waals surface area contributed by atoms with Crippen molar-refractivity contribution in [2.24, 2.45) is 11.8 Å². The van der Waals surface area contributed by atoms with Gasteiger partial charge in [0.2, 0.25) is 0 Å². The van der Waals surface area contributed by atoms with Gasteiger partial charge in [-0.1, -0.05) is 68.9 Å².